The first kappa shape index (κ1) is 25.8. The number of rotatable bonds is 3. The summed E-state index contributed by atoms with van der Waals surface area (Å²) in [5, 5.41) is 0. The van der Waals surface area contributed by atoms with Crippen LogP contribution in [0.4, 0.5) is 19.0 Å². The second-order valence-electron chi connectivity index (χ2n) is 7.97. The van der Waals surface area contributed by atoms with E-state index < -0.39 is 17.3 Å². The number of hydrogen-bond donors (Lipinski definition) is 1. The molecule has 166 valence electrons. The molecule has 2 N–H and O–H groups in total. The van der Waals surface area contributed by atoms with Crippen LogP contribution in [0.25, 0.3) is 0 Å². The van der Waals surface area contributed by atoms with E-state index >= 15 is 0 Å². The van der Waals surface area contributed by atoms with Gasteiger partial charge < -0.3 is 15.5 Å². The van der Waals surface area contributed by atoms with Crippen molar-refractivity contribution in [2.24, 2.45) is 17.1 Å². The third kappa shape index (κ3) is 5.27. The number of halogens is 5. The van der Waals surface area contributed by atoms with Crippen LogP contribution in [0.3, 0.4) is 0 Å². The van der Waals surface area contributed by atoms with E-state index in [9.17, 15) is 18.0 Å². The van der Waals surface area contributed by atoms with Crippen molar-refractivity contribution < 1.29 is 18.0 Å². The van der Waals surface area contributed by atoms with E-state index in [1.165, 1.54) is 6.07 Å². The van der Waals surface area contributed by atoms with Gasteiger partial charge in [-0.3, -0.25) is 4.79 Å². The summed E-state index contributed by atoms with van der Waals surface area (Å²) < 4.78 is 38.6. The molecule has 1 aliphatic heterocycles. The van der Waals surface area contributed by atoms with Gasteiger partial charge in [0, 0.05) is 32.2 Å². The predicted molar refractivity (Wildman–Crippen MR) is 112 cm³/mol. The molecule has 0 aromatic carbocycles. The summed E-state index contributed by atoms with van der Waals surface area (Å²) >= 11 is 0. The second kappa shape index (κ2) is 9.71. The zero-order chi connectivity index (χ0) is 19.8. The SMILES string of the molecule is CC(C)[C@]1(C(=O)N2CCN(c3cccc(C(F)(F)F)n3)CC2)CCC(N)C1.Cl.Cl. The van der Waals surface area contributed by atoms with Crippen LogP contribution in [0.1, 0.15) is 38.8 Å². The highest BCUT2D eigenvalue weighted by molar-refractivity contribution is 5.85. The number of hydrogen-bond acceptors (Lipinski definition) is 4. The van der Waals surface area contributed by atoms with Gasteiger partial charge in [-0.25, -0.2) is 4.98 Å². The Labute approximate surface area is 182 Å². The largest absolute Gasteiger partial charge is 0.433 e. The minimum atomic E-state index is -4.46. The van der Waals surface area contributed by atoms with Crippen molar-refractivity contribution >= 4 is 36.5 Å². The van der Waals surface area contributed by atoms with E-state index in [-0.39, 0.29) is 42.7 Å². The molecule has 3 rings (SSSR count). The Balaban J connectivity index is 0.00000210. The number of carbonyl (C=O) groups excluding carboxylic acids is 1. The number of pyridine rings is 1. The van der Waals surface area contributed by atoms with Gasteiger partial charge >= 0.3 is 6.18 Å². The molecule has 2 fully saturated rings. The van der Waals surface area contributed by atoms with Crippen LogP contribution in [-0.4, -0.2) is 48.0 Å². The minimum Gasteiger partial charge on any atom is -0.353 e. The third-order valence-corrected chi connectivity index (χ3v) is 6.03. The highest BCUT2D eigenvalue weighted by Gasteiger charge is 2.48. The molecular formula is C19H29Cl2F3N4O. The molecule has 1 aliphatic carbocycles. The molecule has 1 aromatic rings. The van der Waals surface area contributed by atoms with Gasteiger partial charge in [0.2, 0.25) is 5.91 Å². The molecule has 1 saturated carbocycles. The second-order valence-corrected chi connectivity index (χ2v) is 7.97. The van der Waals surface area contributed by atoms with Crippen LogP contribution >= 0.6 is 24.8 Å². The zero-order valence-corrected chi connectivity index (χ0v) is 18.2. The predicted octanol–water partition coefficient (Wildman–Crippen LogP) is 3.75. The van der Waals surface area contributed by atoms with Gasteiger partial charge in [0.05, 0.1) is 5.41 Å². The number of piperazine rings is 1. The summed E-state index contributed by atoms with van der Waals surface area (Å²) in [6, 6.07) is 3.99. The molecule has 10 heteroatoms. The molecule has 0 spiro atoms. The zero-order valence-electron chi connectivity index (χ0n) is 16.6. The van der Waals surface area contributed by atoms with Gasteiger partial charge in [-0.1, -0.05) is 19.9 Å². The number of nitrogens with two attached hydrogens (primary N) is 1. The average Bonchev–Trinajstić information content (AvgIpc) is 3.04. The van der Waals surface area contributed by atoms with Crippen LogP contribution < -0.4 is 10.6 Å². The summed E-state index contributed by atoms with van der Waals surface area (Å²) in [6.45, 7) is 6.05. The Hall–Kier alpha value is -1.25. The van der Waals surface area contributed by atoms with Crippen LogP contribution in [0.5, 0.6) is 0 Å². The van der Waals surface area contributed by atoms with Crippen LogP contribution in [-0.2, 0) is 11.0 Å². The molecule has 2 heterocycles. The number of carbonyl (C=O) groups is 1. The molecule has 2 aliphatic rings. The molecule has 2 atom stereocenters. The van der Waals surface area contributed by atoms with Crippen molar-refractivity contribution in [3.63, 3.8) is 0 Å². The molecule has 0 bridgehead atoms. The van der Waals surface area contributed by atoms with Crippen molar-refractivity contribution in [3.05, 3.63) is 23.9 Å². The van der Waals surface area contributed by atoms with Gasteiger partial charge in [0.1, 0.15) is 11.5 Å². The van der Waals surface area contributed by atoms with Gasteiger partial charge in [0.15, 0.2) is 0 Å². The minimum absolute atomic E-state index is 0. The number of aromatic nitrogens is 1. The molecule has 1 saturated heterocycles. The van der Waals surface area contributed by atoms with E-state index in [4.69, 9.17) is 5.73 Å². The molecule has 1 unspecified atom stereocenters. The fraction of sp³-hybridized carbons (Fsp3) is 0.684. The smallest absolute Gasteiger partial charge is 0.353 e. The lowest BCUT2D eigenvalue weighted by Gasteiger charge is -2.42. The molecule has 0 radical (unpaired) electrons. The first-order valence-corrected chi connectivity index (χ1v) is 9.47. The standard InChI is InChI=1S/C19H27F3N4O.2ClH/c1-13(2)18(7-6-14(23)12-18)17(27)26-10-8-25(9-11-26)16-5-3-4-15(24-16)19(20,21)22;;/h3-5,13-14H,6-12,23H2,1-2H3;2*1H/t14?,18-;;/m0../s1. The third-order valence-electron chi connectivity index (χ3n) is 6.03. The van der Waals surface area contributed by atoms with Crippen LogP contribution in [0.15, 0.2) is 18.2 Å². The van der Waals surface area contributed by atoms with E-state index in [0.29, 0.717) is 38.4 Å². The molecule has 29 heavy (non-hydrogen) atoms. The Morgan fingerprint density at radius 1 is 1.21 bits per heavy atom. The lowest BCUT2D eigenvalue weighted by Crippen LogP contribution is -2.54. The summed E-state index contributed by atoms with van der Waals surface area (Å²) in [5.74, 6) is 0.655. The maximum Gasteiger partial charge on any atom is 0.433 e. The fourth-order valence-electron chi connectivity index (χ4n) is 4.29. The maximum absolute atomic E-state index is 13.2. The summed E-state index contributed by atoms with van der Waals surface area (Å²) in [5.41, 5.74) is 4.79. The van der Waals surface area contributed by atoms with Crippen molar-refractivity contribution in [3.8, 4) is 0 Å². The van der Waals surface area contributed by atoms with Gasteiger partial charge in [-0.2, -0.15) is 13.2 Å². The molecule has 1 amide bonds. The van der Waals surface area contributed by atoms with E-state index in [1.807, 2.05) is 4.90 Å². The van der Waals surface area contributed by atoms with E-state index in [1.54, 1.807) is 11.0 Å². The van der Waals surface area contributed by atoms with Crippen molar-refractivity contribution in [2.75, 3.05) is 31.1 Å². The molecular weight excluding hydrogens is 428 g/mol. The lowest BCUT2D eigenvalue weighted by atomic mass is 9.74. The number of alkyl halides is 3. The van der Waals surface area contributed by atoms with E-state index in [0.717, 1.165) is 18.9 Å². The number of amides is 1. The molecule has 1 aromatic heterocycles. The van der Waals surface area contributed by atoms with Gasteiger partial charge in [-0.05, 0) is 37.3 Å². The fourth-order valence-corrected chi connectivity index (χ4v) is 4.29. The summed E-state index contributed by atoms with van der Waals surface area (Å²) in [7, 11) is 0. The Morgan fingerprint density at radius 3 is 2.31 bits per heavy atom. The Kier molecular flexibility index (Phi) is 8.63. The Bertz CT molecular complexity index is 696. The van der Waals surface area contributed by atoms with Crippen molar-refractivity contribution in [1.82, 2.24) is 9.88 Å². The maximum atomic E-state index is 13.2. The van der Waals surface area contributed by atoms with Gasteiger partial charge in [0.25, 0.3) is 0 Å². The highest BCUT2D eigenvalue weighted by atomic mass is 35.5. The Morgan fingerprint density at radius 2 is 1.83 bits per heavy atom. The number of nitrogens with zero attached hydrogens (tertiary/aromatic N) is 3. The normalized spacial score (nSPS) is 24.9. The average molecular weight is 457 g/mol. The van der Waals surface area contributed by atoms with E-state index in [2.05, 4.69) is 18.8 Å². The monoisotopic (exact) mass is 456 g/mol. The van der Waals surface area contributed by atoms with Gasteiger partial charge in [-0.15, -0.1) is 24.8 Å². The highest BCUT2D eigenvalue weighted by Crippen LogP contribution is 2.45. The van der Waals surface area contributed by atoms with Crippen LogP contribution in [0.2, 0.25) is 0 Å². The topological polar surface area (TPSA) is 62.5 Å². The van der Waals surface area contributed by atoms with Crippen LogP contribution in [0, 0.1) is 11.3 Å². The van der Waals surface area contributed by atoms with Crippen molar-refractivity contribution in [1.29, 1.82) is 0 Å². The van der Waals surface area contributed by atoms with Crippen molar-refractivity contribution in [2.45, 2.75) is 45.3 Å². The summed E-state index contributed by atoms with van der Waals surface area (Å²) in [6.07, 6.45) is -2.09. The molecule has 5 nitrogen and oxygen atoms in total. The summed E-state index contributed by atoms with van der Waals surface area (Å²) in [4.78, 5) is 20.6. The number of anilines is 1. The quantitative estimate of drug-likeness (QED) is 0.751. The lowest BCUT2D eigenvalue weighted by molar-refractivity contribution is -0.145. The first-order chi connectivity index (χ1) is 12.6. The first-order valence-electron chi connectivity index (χ1n) is 9.47.